The summed E-state index contributed by atoms with van der Waals surface area (Å²) in [7, 11) is 0. The van der Waals surface area contributed by atoms with Gasteiger partial charge in [0.1, 0.15) is 6.04 Å². The quantitative estimate of drug-likeness (QED) is 0.591. The molecule has 0 fully saturated rings. The summed E-state index contributed by atoms with van der Waals surface area (Å²) < 4.78 is -0.725. The SMILES string of the molecule is CC[C@](C)(S)[C@@H](NC(C)=O)C(=O)O. The van der Waals surface area contributed by atoms with E-state index in [4.69, 9.17) is 5.11 Å². The van der Waals surface area contributed by atoms with Crippen LogP contribution in [0.15, 0.2) is 0 Å². The molecule has 0 radical (unpaired) electrons. The van der Waals surface area contributed by atoms with Crippen LogP contribution in [0.4, 0.5) is 0 Å². The topological polar surface area (TPSA) is 66.4 Å². The number of carboxylic acid groups (broad SMARTS) is 1. The summed E-state index contributed by atoms with van der Waals surface area (Å²) >= 11 is 4.20. The van der Waals surface area contributed by atoms with Crippen molar-refractivity contribution >= 4 is 24.5 Å². The molecular weight excluding hydrogens is 190 g/mol. The number of carbonyl (C=O) groups excluding carboxylic acids is 1. The van der Waals surface area contributed by atoms with E-state index in [0.29, 0.717) is 6.42 Å². The van der Waals surface area contributed by atoms with Gasteiger partial charge in [-0.1, -0.05) is 6.92 Å². The third-order valence-electron chi connectivity index (χ3n) is 1.93. The van der Waals surface area contributed by atoms with E-state index in [9.17, 15) is 9.59 Å². The Hall–Kier alpha value is -0.710. The summed E-state index contributed by atoms with van der Waals surface area (Å²) in [4.78, 5) is 21.5. The van der Waals surface area contributed by atoms with Crippen molar-refractivity contribution in [1.29, 1.82) is 0 Å². The molecule has 0 unspecified atom stereocenters. The molecule has 0 aromatic heterocycles. The summed E-state index contributed by atoms with van der Waals surface area (Å²) in [5.74, 6) is -1.42. The fourth-order valence-corrected chi connectivity index (χ4v) is 1.07. The van der Waals surface area contributed by atoms with Gasteiger partial charge in [0, 0.05) is 11.7 Å². The van der Waals surface area contributed by atoms with Gasteiger partial charge in [-0.15, -0.1) is 0 Å². The number of aliphatic carboxylic acids is 1. The molecule has 0 aromatic rings. The summed E-state index contributed by atoms with van der Waals surface area (Å²) in [6.07, 6.45) is 0.563. The Morgan fingerprint density at radius 1 is 1.62 bits per heavy atom. The molecule has 5 heteroatoms. The molecule has 0 spiro atoms. The number of hydrogen-bond acceptors (Lipinski definition) is 3. The van der Waals surface area contributed by atoms with Crippen LogP contribution in [-0.4, -0.2) is 27.8 Å². The monoisotopic (exact) mass is 205 g/mol. The Morgan fingerprint density at radius 3 is 2.31 bits per heavy atom. The number of carboxylic acids is 1. The molecule has 2 N–H and O–H groups in total. The lowest BCUT2D eigenvalue weighted by Crippen LogP contribution is -2.52. The van der Waals surface area contributed by atoms with E-state index in [-0.39, 0.29) is 5.91 Å². The molecule has 0 aliphatic heterocycles. The summed E-state index contributed by atoms with van der Waals surface area (Å²) in [5, 5.41) is 11.2. The fraction of sp³-hybridized carbons (Fsp3) is 0.750. The molecule has 76 valence electrons. The van der Waals surface area contributed by atoms with E-state index in [0.717, 1.165) is 0 Å². The first-order valence-electron chi connectivity index (χ1n) is 4.03. The maximum atomic E-state index is 10.8. The predicted molar refractivity (Wildman–Crippen MR) is 52.9 cm³/mol. The van der Waals surface area contributed by atoms with Crippen LogP contribution < -0.4 is 5.32 Å². The van der Waals surface area contributed by atoms with Gasteiger partial charge in [0.05, 0.1) is 0 Å². The van der Waals surface area contributed by atoms with E-state index in [2.05, 4.69) is 17.9 Å². The van der Waals surface area contributed by atoms with Crippen molar-refractivity contribution in [1.82, 2.24) is 5.32 Å². The van der Waals surface area contributed by atoms with Gasteiger partial charge in [0.25, 0.3) is 0 Å². The molecule has 0 rings (SSSR count). The van der Waals surface area contributed by atoms with Gasteiger partial charge >= 0.3 is 5.97 Å². The molecule has 1 amide bonds. The van der Waals surface area contributed by atoms with Crippen molar-refractivity contribution in [2.45, 2.75) is 38.0 Å². The highest BCUT2D eigenvalue weighted by Gasteiger charge is 2.35. The number of amides is 1. The third-order valence-corrected chi connectivity index (χ3v) is 2.51. The first kappa shape index (κ1) is 12.3. The molecule has 0 heterocycles. The van der Waals surface area contributed by atoms with Crippen molar-refractivity contribution < 1.29 is 14.7 Å². The lowest BCUT2D eigenvalue weighted by molar-refractivity contribution is -0.142. The highest BCUT2D eigenvalue weighted by atomic mass is 32.1. The number of carbonyl (C=O) groups is 2. The lowest BCUT2D eigenvalue weighted by atomic mass is 9.98. The minimum Gasteiger partial charge on any atom is -0.480 e. The van der Waals surface area contributed by atoms with Crippen LogP contribution in [0.25, 0.3) is 0 Å². The Morgan fingerprint density at radius 2 is 2.08 bits per heavy atom. The summed E-state index contributed by atoms with van der Waals surface area (Å²) in [5.41, 5.74) is 0. The molecule has 0 aromatic carbocycles. The first-order chi connectivity index (χ1) is 5.81. The van der Waals surface area contributed by atoms with E-state index in [1.807, 2.05) is 6.92 Å². The second-order valence-corrected chi connectivity index (χ2v) is 4.20. The molecule has 0 saturated carbocycles. The Labute approximate surface area is 83.1 Å². The molecular formula is C8H15NO3S. The molecule has 0 bridgehead atoms. The van der Waals surface area contributed by atoms with E-state index < -0.39 is 16.8 Å². The third kappa shape index (κ3) is 3.67. The van der Waals surface area contributed by atoms with Crippen LogP contribution in [0.1, 0.15) is 27.2 Å². The van der Waals surface area contributed by atoms with Crippen LogP contribution >= 0.6 is 12.6 Å². The van der Waals surface area contributed by atoms with Crippen LogP contribution in [-0.2, 0) is 9.59 Å². The smallest absolute Gasteiger partial charge is 0.327 e. The van der Waals surface area contributed by atoms with E-state index in [1.54, 1.807) is 6.92 Å². The zero-order valence-corrected chi connectivity index (χ0v) is 8.89. The molecule has 4 nitrogen and oxygen atoms in total. The van der Waals surface area contributed by atoms with Gasteiger partial charge in [-0.2, -0.15) is 12.6 Å². The first-order valence-corrected chi connectivity index (χ1v) is 4.48. The highest BCUT2D eigenvalue weighted by molar-refractivity contribution is 7.81. The maximum absolute atomic E-state index is 10.8. The average Bonchev–Trinajstić information content (AvgIpc) is 1.99. The second-order valence-electron chi connectivity index (χ2n) is 3.18. The zero-order chi connectivity index (χ0) is 10.6. The lowest BCUT2D eigenvalue weighted by Gasteiger charge is -2.29. The van der Waals surface area contributed by atoms with Crippen molar-refractivity contribution in [3.63, 3.8) is 0 Å². The van der Waals surface area contributed by atoms with Crippen LogP contribution in [0, 0.1) is 0 Å². The van der Waals surface area contributed by atoms with Crippen LogP contribution in [0.2, 0.25) is 0 Å². The molecule has 0 aliphatic rings. The minimum absolute atomic E-state index is 0.360. The second kappa shape index (κ2) is 4.50. The largest absolute Gasteiger partial charge is 0.480 e. The number of rotatable bonds is 4. The predicted octanol–water partition coefficient (Wildman–Crippen LogP) is 0.674. The van der Waals surface area contributed by atoms with Gasteiger partial charge in [-0.3, -0.25) is 4.79 Å². The van der Waals surface area contributed by atoms with Gasteiger partial charge < -0.3 is 10.4 Å². The van der Waals surface area contributed by atoms with Gasteiger partial charge in [0.2, 0.25) is 5.91 Å². The normalized spacial score (nSPS) is 17.2. The van der Waals surface area contributed by atoms with Crippen molar-refractivity contribution in [3.05, 3.63) is 0 Å². The van der Waals surface area contributed by atoms with E-state index >= 15 is 0 Å². The maximum Gasteiger partial charge on any atom is 0.327 e. The zero-order valence-electron chi connectivity index (χ0n) is 8.00. The number of nitrogens with one attached hydrogen (secondary N) is 1. The standard InChI is InChI=1S/C8H15NO3S/c1-4-8(3,13)6(7(11)12)9-5(2)10/h6,13H,4H2,1-3H3,(H,9,10)(H,11,12)/t6-,8-/m0/s1. The van der Waals surface area contributed by atoms with Crippen molar-refractivity contribution in [3.8, 4) is 0 Å². The Balaban J connectivity index is 4.60. The van der Waals surface area contributed by atoms with Crippen molar-refractivity contribution in [2.24, 2.45) is 0 Å². The number of hydrogen-bond donors (Lipinski definition) is 3. The van der Waals surface area contributed by atoms with Crippen LogP contribution in [0.3, 0.4) is 0 Å². The summed E-state index contributed by atoms with van der Waals surface area (Å²) in [6.45, 7) is 4.80. The van der Waals surface area contributed by atoms with Gasteiger partial charge in [0.15, 0.2) is 0 Å². The fourth-order valence-electron chi connectivity index (χ4n) is 0.891. The highest BCUT2D eigenvalue weighted by Crippen LogP contribution is 2.22. The molecule has 0 saturated heterocycles. The minimum atomic E-state index is -1.06. The number of thiol groups is 1. The molecule has 13 heavy (non-hydrogen) atoms. The van der Waals surface area contributed by atoms with Gasteiger partial charge in [-0.05, 0) is 13.3 Å². The van der Waals surface area contributed by atoms with E-state index in [1.165, 1.54) is 6.92 Å². The average molecular weight is 205 g/mol. The van der Waals surface area contributed by atoms with Crippen molar-refractivity contribution in [2.75, 3.05) is 0 Å². The Bertz CT molecular complexity index is 215. The van der Waals surface area contributed by atoms with Gasteiger partial charge in [-0.25, -0.2) is 4.79 Å². The Kier molecular flexibility index (Phi) is 4.26. The van der Waals surface area contributed by atoms with Crippen LogP contribution in [0.5, 0.6) is 0 Å². The molecule has 0 aliphatic carbocycles. The summed E-state index contributed by atoms with van der Waals surface area (Å²) in [6, 6.07) is -0.946. The molecule has 2 atom stereocenters.